The summed E-state index contributed by atoms with van der Waals surface area (Å²) in [5.41, 5.74) is 2.18. The molecule has 0 spiro atoms. The number of hydrogen-bond donors (Lipinski definition) is 2. The van der Waals surface area contributed by atoms with E-state index in [-0.39, 0.29) is 23.1 Å². The summed E-state index contributed by atoms with van der Waals surface area (Å²) in [6.45, 7) is 0.149. The van der Waals surface area contributed by atoms with Gasteiger partial charge in [0.15, 0.2) is 0 Å². The van der Waals surface area contributed by atoms with E-state index >= 15 is 0 Å². The van der Waals surface area contributed by atoms with Gasteiger partial charge in [-0.25, -0.2) is 4.79 Å². The van der Waals surface area contributed by atoms with Gasteiger partial charge in [0.05, 0.1) is 17.6 Å². The van der Waals surface area contributed by atoms with Crippen LogP contribution in [0.5, 0.6) is 0 Å². The third-order valence-corrected chi connectivity index (χ3v) is 5.18. The zero-order valence-corrected chi connectivity index (χ0v) is 17.5. The fourth-order valence-corrected chi connectivity index (χ4v) is 3.53. The summed E-state index contributed by atoms with van der Waals surface area (Å²) in [5, 5.41) is 2.82. The maximum atomic E-state index is 13.1. The number of rotatable bonds is 5. The van der Waals surface area contributed by atoms with E-state index in [1.807, 2.05) is 61.5 Å². The van der Waals surface area contributed by atoms with Crippen molar-refractivity contribution in [1.29, 1.82) is 0 Å². The molecule has 8 nitrogen and oxygen atoms in total. The molecule has 2 aromatic heterocycles. The summed E-state index contributed by atoms with van der Waals surface area (Å²) in [6.07, 6.45) is 1.55. The molecule has 1 amide bonds. The van der Waals surface area contributed by atoms with Gasteiger partial charge in [-0.15, -0.1) is 0 Å². The van der Waals surface area contributed by atoms with Crippen LogP contribution in [-0.2, 0) is 13.6 Å². The minimum Gasteiger partial charge on any atom is -0.378 e. The lowest BCUT2D eigenvalue weighted by Crippen LogP contribution is -2.36. The van der Waals surface area contributed by atoms with Crippen LogP contribution in [0, 0.1) is 0 Å². The van der Waals surface area contributed by atoms with Crippen LogP contribution in [0.3, 0.4) is 0 Å². The summed E-state index contributed by atoms with van der Waals surface area (Å²) in [6, 6.07) is 16.7. The standard InChI is InChI=1S/C23H23N5O3/c1-26(2)17-11-9-16(10-12-17)24-21(29)18-14-27(3)20-19(18)25-23(31)28(22(20)30)13-15-7-5-4-6-8-15/h4-12,14H,13H2,1-3H3,(H,24,29)(H,25,31). The highest BCUT2D eigenvalue weighted by molar-refractivity contribution is 6.11. The molecule has 31 heavy (non-hydrogen) atoms. The van der Waals surface area contributed by atoms with Crippen molar-refractivity contribution in [2.24, 2.45) is 7.05 Å². The number of amides is 1. The van der Waals surface area contributed by atoms with Crippen LogP contribution in [0.15, 0.2) is 70.4 Å². The van der Waals surface area contributed by atoms with Gasteiger partial charge in [0.25, 0.3) is 11.5 Å². The molecule has 0 saturated carbocycles. The molecule has 0 unspecified atom stereocenters. The fraction of sp³-hybridized carbons (Fsp3) is 0.174. The molecule has 0 aliphatic carbocycles. The number of carbonyl (C=O) groups is 1. The number of aryl methyl sites for hydroxylation is 1. The molecule has 2 aromatic carbocycles. The van der Waals surface area contributed by atoms with Crippen molar-refractivity contribution in [3.05, 3.63) is 92.8 Å². The van der Waals surface area contributed by atoms with Crippen LogP contribution in [0.4, 0.5) is 11.4 Å². The first-order valence-corrected chi connectivity index (χ1v) is 9.80. The first-order valence-electron chi connectivity index (χ1n) is 9.80. The zero-order chi connectivity index (χ0) is 22.1. The van der Waals surface area contributed by atoms with Gasteiger partial charge in [-0.3, -0.25) is 14.2 Å². The average Bonchev–Trinajstić information content (AvgIpc) is 3.08. The maximum absolute atomic E-state index is 13.1. The topological polar surface area (TPSA) is 92.1 Å². The molecule has 8 heteroatoms. The number of nitrogens with one attached hydrogen (secondary N) is 2. The molecule has 0 saturated heterocycles. The van der Waals surface area contributed by atoms with Gasteiger partial charge in [0.1, 0.15) is 5.52 Å². The first kappa shape index (κ1) is 20.2. The lowest BCUT2D eigenvalue weighted by atomic mass is 10.2. The number of hydrogen-bond acceptors (Lipinski definition) is 4. The van der Waals surface area contributed by atoms with Crippen LogP contribution in [0.25, 0.3) is 11.0 Å². The predicted molar refractivity (Wildman–Crippen MR) is 122 cm³/mol. The highest BCUT2D eigenvalue weighted by Crippen LogP contribution is 2.19. The van der Waals surface area contributed by atoms with Crippen molar-refractivity contribution in [3.63, 3.8) is 0 Å². The van der Waals surface area contributed by atoms with Crippen molar-refractivity contribution in [2.45, 2.75) is 6.54 Å². The summed E-state index contributed by atoms with van der Waals surface area (Å²) < 4.78 is 2.71. The molecule has 0 atom stereocenters. The Balaban J connectivity index is 1.70. The van der Waals surface area contributed by atoms with Crippen LogP contribution < -0.4 is 21.5 Å². The van der Waals surface area contributed by atoms with E-state index in [2.05, 4.69) is 10.3 Å². The fourth-order valence-electron chi connectivity index (χ4n) is 3.53. The Bertz CT molecular complexity index is 1360. The number of nitrogens with zero attached hydrogens (tertiary/aromatic N) is 3. The van der Waals surface area contributed by atoms with E-state index < -0.39 is 17.2 Å². The normalized spacial score (nSPS) is 10.9. The van der Waals surface area contributed by atoms with Crippen molar-refractivity contribution >= 4 is 28.3 Å². The summed E-state index contributed by atoms with van der Waals surface area (Å²) in [5.74, 6) is -0.404. The first-order chi connectivity index (χ1) is 14.8. The molecule has 4 aromatic rings. The minimum absolute atomic E-state index is 0.149. The number of anilines is 2. The van der Waals surface area contributed by atoms with Gasteiger partial charge in [0.2, 0.25) is 0 Å². The third kappa shape index (κ3) is 3.87. The molecule has 4 rings (SSSR count). The Morgan fingerprint density at radius 3 is 2.35 bits per heavy atom. The second-order valence-electron chi connectivity index (χ2n) is 7.58. The number of benzene rings is 2. The van der Waals surface area contributed by atoms with E-state index in [9.17, 15) is 14.4 Å². The van der Waals surface area contributed by atoms with Gasteiger partial charge in [0, 0.05) is 38.7 Å². The third-order valence-electron chi connectivity index (χ3n) is 5.18. The SMILES string of the molecule is CN(C)c1ccc(NC(=O)c2cn(C)c3c(=O)n(Cc4ccccc4)c(=O)[nH]c23)cc1. The highest BCUT2D eigenvalue weighted by atomic mass is 16.2. The molecule has 0 radical (unpaired) electrons. The van der Waals surface area contributed by atoms with Gasteiger partial charge < -0.3 is 19.8 Å². The lowest BCUT2D eigenvalue weighted by molar-refractivity contribution is 0.102. The molecular weight excluding hydrogens is 394 g/mol. The van der Waals surface area contributed by atoms with Crippen LogP contribution in [0.2, 0.25) is 0 Å². The number of aromatic amines is 1. The molecule has 2 N–H and O–H groups in total. The van der Waals surface area contributed by atoms with E-state index in [1.165, 1.54) is 0 Å². The Morgan fingerprint density at radius 2 is 1.71 bits per heavy atom. The summed E-state index contributed by atoms with van der Waals surface area (Å²) >= 11 is 0. The quantitative estimate of drug-likeness (QED) is 0.522. The second kappa shape index (κ2) is 7.98. The van der Waals surface area contributed by atoms with Crippen molar-refractivity contribution in [3.8, 4) is 0 Å². The van der Waals surface area contributed by atoms with Crippen LogP contribution in [0.1, 0.15) is 15.9 Å². The van der Waals surface area contributed by atoms with E-state index in [1.54, 1.807) is 29.9 Å². The van der Waals surface area contributed by atoms with Crippen molar-refractivity contribution in [1.82, 2.24) is 14.1 Å². The van der Waals surface area contributed by atoms with Gasteiger partial charge in [-0.1, -0.05) is 30.3 Å². The Kier molecular flexibility index (Phi) is 5.21. The number of aromatic nitrogens is 3. The number of H-pyrrole nitrogens is 1. The Labute approximate surface area is 178 Å². The number of carbonyl (C=O) groups excluding carboxylic acids is 1. The maximum Gasteiger partial charge on any atom is 0.329 e. The largest absolute Gasteiger partial charge is 0.378 e. The second-order valence-corrected chi connectivity index (χ2v) is 7.58. The van der Waals surface area contributed by atoms with Gasteiger partial charge in [-0.2, -0.15) is 0 Å². The molecule has 0 fully saturated rings. The van der Waals surface area contributed by atoms with Gasteiger partial charge >= 0.3 is 5.69 Å². The molecule has 0 aliphatic rings. The highest BCUT2D eigenvalue weighted by Gasteiger charge is 2.20. The minimum atomic E-state index is -0.558. The monoisotopic (exact) mass is 417 g/mol. The van der Waals surface area contributed by atoms with Gasteiger partial charge in [-0.05, 0) is 29.8 Å². The lowest BCUT2D eigenvalue weighted by Gasteiger charge is -2.13. The molecular formula is C23H23N5O3. The van der Waals surface area contributed by atoms with E-state index in [0.29, 0.717) is 5.69 Å². The molecule has 158 valence electrons. The Morgan fingerprint density at radius 1 is 1.03 bits per heavy atom. The summed E-state index contributed by atoms with van der Waals surface area (Å²) in [7, 11) is 5.55. The van der Waals surface area contributed by atoms with E-state index in [0.717, 1.165) is 15.8 Å². The average molecular weight is 417 g/mol. The van der Waals surface area contributed by atoms with Crippen LogP contribution >= 0.6 is 0 Å². The smallest absolute Gasteiger partial charge is 0.329 e. The molecule has 0 aliphatic heterocycles. The van der Waals surface area contributed by atoms with Crippen LogP contribution in [-0.4, -0.2) is 34.1 Å². The predicted octanol–water partition coefficient (Wildman–Crippen LogP) is 2.39. The van der Waals surface area contributed by atoms with E-state index in [4.69, 9.17) is 0 Å². The molecule has 2 heterocycles. The Hall–Kier alpha value is -4.07. The number of fused-ring (bicyclic) bond motifs is 1. The summed E-state index contributed by atoms with van der Waals surface area (Å²) in [4.78, 5) is 43.3. The van der Waals surface area contributed by atoms with Crippen molar-refractivity contribution in [2.75, 3.05) is 24.3 Å². The molecule has 0 bridgehead atoms. The zero-order valence-electron chi connectivity index (χ0n) is 17.5. The van der Waals surface area contributed by atoms with Crippen molar-refractivity contribution < 1.29 is 4.79 Å².